The van der Waals surface area contributed by atoms with E-state index in [1.54, 1.807) is 29.2 Å². The molecule has 1 aromatic rings. The summed E-state index contributed by atoms with van der Waals surface area (Å²) in [6, 6.07) is 6.76. The van der Waals surface area contributed by atoms with Crippen molar-refractivity contribution in [3.63, 3.8) is 0 Å². The molecule has 0 aliphatic carbocycles. The van der Waals surface area contributed by atoms with Crippen LogP contribution in [0.25, 0.3) is 0 Å². The lowest BCUT2D eigenvalue weighted by Gasteiger charge is -2.35. The standard InChI is InChI=1S/C15H23ClN4O4S/c1-18(2)25(22,23)20-10-8-19(9-11-20)15(21)17-7-12-24-14-5-3-13(16)4-6-14/h3-6H,7-12H2,1-2H3,(H,17,21). The Morgan fingerprint density at radius 2 is 1.80 bits per heavy atom. The van der Waals surface area contributed by atoms with Crippen molar-refractivity contribution in [1.29, 1.82) is 0 Å². The molecular formula is C15H23ClN4O4S. The minimum atomic E-state index is -3.42. The fraction of sp³-hybridized carbons (Fsp3) is 0.533. The molecule has 1 saturated heterocycles. The van der Waals surface area contributed by atoms with Gasteiger partial charge in [0.2, 0.25) is 0 Å². The van der Waals surface area contributed by atoms with Crippen LogP contribution in [0.4, 0.5) is 4.79 Å². The molecule has 0 spiro atoms. The molecule has 1 aliphatic heterocycles. The molecule has 10 heteroatoms. The Morgan fingerprint density at radius 1 is 1.20 bits per heavy atom. The fourth-order valence-corrected chi connectivity index (χ4v) is 3.53. The van der Waals surface area contributed by atoms with E-state index in [9.17, 15) is 13.2 Å². The summed E-state index contributed by atoms with van der Waals surface area (Å²) in [5.41, 5.74) is 0. The highest BCUT2D eigenvalue weighted by Gasteiger charge is 2.29. The van der Waals surface area contributed by atoms with Gasteiger partial charge in [0.1, 0.15) is 12.4 Å². The Kier molecular flexibility index (Phi) is 6.88. The highest BCUT2D eigenvalue weighted by molar-refractivity contribution is 7.86. The van der Waals surface area contributed by atoms with Gasteiger partial charge in [0.05, 0.1) is 6.54 Å². The number of rotatable bonds is 6. The molecule has 0 bridgehead atoms. The molecule has 0 radical (unpaired) electrons. The number of carbonyl (C=O) groups is 1. The molecule has 8 nitrogen and oxygen atoms in total. The van der Waals surface area contributed by atoms with Gasteiger partial charge in [-0.2, -0.15) is 17.0 Å². The van der Waals surface area contributed by atoms with Gasteiger partial charge in [-0.25, -0.2) is 4.79 Å². The molecule has 2 rings (SSSR count). The first-order valence-corrected chi connectivity index (χ1v) is 9.67. The van der Waals surface area contributed by atoms with E-state index >= 15 is 0 Å². The summed E-state index contributed by atoms with van der Waals surface area (Å²) in [4.78, 5) is 13.7. The van der Waals surface area contributed by atoms with Crippen molar-refractivity contribution in [2.45, 2.75) is 0 Å². The first-order chi connectivity index (χ1) is 11.8. The summed E-state index contributed by atoms with van der Waals surface area (Å²) >= 11 is 5.79. The molecule has 1 fully saturated rings. The third-order valence-electron chi connectivity index (χ3n) is 3.77. The van der Waals surface area contributed by atoms with Crippen LogP contribution in [0.15, 0.2) is 24.3 Å². The second kappa shape index (κ2) is 8.70. The maximum atomic E-state index is 12.1. The van der Waals surface area contributed by atoms with Gasteiger partial charge in [-0.15, -0.1) is 0 Å². The lowest BCUT2D eigenvalue weighted by molar-refractivity contribution is 0.168. The molecule has 1 heterocycles. The number of ether oxygens (including phenoxy) is 1. The van der Waals surface area contributed by atoms with Gasteiger partial charge >= 0.3 is 6.03 Å². The largest absolute Gasteiger partial charge is 0.492 e. The molecule has 140 valence electrons. The lowest BCUT2D eigenvalue weighted by Crippen LogP contribution is -2.55. The molecule has 0 unspecified atom stereocenters. The van der Waals surface area contributed by atoms with E-state index in [1.807, 2.05) is 0 Å². The number of amides is 2. The maximum Gasteiger partial charge on any atom is 0.317 e. The number of nitrogens with zero attached hydrogens (tertiary/aromatic N) is 3. The van der Waals surface area contributed by atoms with Crippen LogP contribution in [0.5, 0.6) is 5.75 Å². The summed E-state index contributed by atoms with van der Waals surface area (Å²) in [6.07, 6.45) is 0. The third kappa shape index (κ3) is 5.46. The Bertz CT molecular complexity index is 673. The predicted molar refractivity (Wildman–Crippen MR) is 96.1 cm³/mol. The Labute approximate surface area is 153 Å². The normalized spacial score (nSPS) is 16.1. The molecule has 0 aromatic heterocycles. The summed E-state index contributed by atoms with van der Waals surface area (Å²) in [7, 11) is -0.435. The van der Waals surface area contributed by atoms with Crippen molar-refractivity contribution in [3.05, 3.63) is 29.3 Å². The van der Waals surface area contributed by atoms with Crippen LogP contribution < -0.4 is 10.1 Å². The van der Waals surface area contributed by atoms with Crippen molar-refractivity contribution in [3.8, 4) is 5.75 Å². The van der Waals surface area contributed by atoms with Crippen LogP contribution in [0, 0.1) is 0 Å². The van der Waals surface area contributed by atoms with Gasteiger partial charge in [-0.05, 0) is 24.3 Å². The number of piperazine rings is 1. The highest BCUT2D eigenvalue weighted by Crippen LogP contribution is 2.15. The van der Waals surface area contributed by atoms with E-state index in [2.05, 4.69) is 5.32 Å². The van der Waals surface area contributed by atoms with Crippen molar-refractivity contribution in [2.24, 2.45) is 0 Å². The zero-order valence-electron chi connectivity index (χ0n) is 14.3. The third-order valence-corrected chi connectivity index (χ3v) is 5.97. The van der Waals surface area contributed by atoms with Gasteiger partial charge in [0, 0.05) is 45.3 Å². The summed E-state index contributed by atoms with van der Waals surface area (Å²) in [6.45, 7) is 1.98. The molecule has 0 atom stereocenters. The fourth-order valence-electron chi connectivity index (χ4n) is 2.32. The zero-order chi connectivity index (χ0) is 18.4. The van der Waals surface area contributed by atoms with Gasteiger partial charge in [-0.1, -0.05) is 11.6 Å². The number of halogens is 1. The minimum Gasteiger partial charge on any atom is -0.492 e. The van der Waals surface area contributed by atoms with E-state index in [4.69, 9.17) is 16.3 Å². The molecular weight excluding hydrogens is 368 g/mol. The monoisotopic (exact) mass is 390 g/mol. The van der Waals surface area contributed by atoms with Crippen LogP contribution in [0.2, 0.25) is 5.02 Å². The molecule has 1 N–H and O–H groups in total. The van der Waals surface area contributed by atoms with Gasteiger partial charge < -0.3 is 15.0 Å². The second-order valence-electron chi connectivity index (χ2n) is 5.71. The van der Waals surface area contributed by atoms with Gasteiger partial charge in [0.25, 0.3) is 10.2 Å². The topological polar surface area (TPSA) is 82.2 Å². The van der Waals surface area contributed by atoms with E-state index in [-0.39, 0.29) is 19.1 Å². The quantitative estimate of drug-likeness (QED) is 0.730. The van der Waals surface area contributed by atoms with Crippen LogP contribution >= 0.6 is 11.6 Å². The van der Waals surface area contributed by atoms with Crippen molar-refractivity contribution < 1.29 is 17.9 Å². The van der Waals surface area contributed by atoms with E-state index in [1.165, 1.54) is 22.7 Å². The van der Waals surface area contributed by atoms with E-state index < -0.39 is 10.2 Å². The van der Waals surface area contributed by atoms with Gasteiger partial charge in [-0.3, -0.25) is 0 Å². The number of urea groups is 1. The first kappa shape index (κ1) is 19.8. The molecule has 1 aromatic carbocycles. The highest BCUT2D eigenvalue weighted by atomic mass is 35.5. The lowest BCUT2D eigenvalue weighted by atomic mass is 10.3. The Hall–Kier alpha value is -1.55. The minimum absolute atomic E-state index is 0.221. The number of hydrogen-bond acceptors (Lipinski definition) is 4. The van der Waals surface area contributed by atoms with Crippen molar-refractivity contribution >= 4 is 27.8 Å². The second-order valence-corrected chi connectivity index (χ2v) is 8.29. The number of carbonyl (C=O) groups excluding carboxylic acids is 1. The Balaban J connectivity index is 1.69. The summed E-state index contributed by atoms with van der Waals surface area (Å²) < 4.78 is 32.1. The first-order valence-electron chi connectivity index (χ1n) is 7.89. The van der Waals surface area contributed by atoms with Crippen molar-refractivity contribution in [2.75, 3.05) is 53.4 Å². The summed E-state index contributed by atoms with van der Waals surface area (Å²) in [5, 5.41) is 3.40. The number of nitrogens with one attached hydrogen (secondary N) is 1. The summed E-state index contributed by atoms with van der Waals surface area (Å²) in [5.74, 6) is 0.682. The average Bonchev–Trinajstić information content (AvgIpc) is 2.60. The molecule has 2 amide bonds. The number of hydrogen-bond donors (Lipinski definition) is 1. The van der Waals surface area contributed by atoms with Crippen LogP contribution in [0.1, 0.15) is 0 Å². The maximum absolute atomic E-state index is 12.1. The van der Waals surface area contributed by atoms with E-state index in [0.29, 0.717) is 37.0 Å². The van der Waals surface area contributed by atoms with Crippen LogP contribution in [-0.4, -0.2) is 81.4 Å². The van der Waals surface area contributed by atoms with E-state index in [0.717, 1.165) is 0 Å². The van der Waals surface area contributed by atoms with Crippen LogP contribution in [0.3, 0.4) is 0 Å². The SMILES string of the molecule is CN(C)S(=O)(=O)N1CCN(C(=O)NCCOc2ccc(Cl)cc2)CC1. The molecule has 0 saturated carbocycles. The van der Waals surface area contributed by atoms with Gasteiger partial charge in [0.15, 0.2) is 0 Å². The smallest absolute Gasteiger partial charge is 0.317 e. The average molecular weight is 391 g/mol. The van der Waals surface area contributed by atoms with Crippen molar-refractivity contribution in [1.82, 2.24) is 18.8 Å². The predicted octanol–water partition coefficient (Wildman–Crippen LogP) is 0.852. The number of benzene rings is 1. The van der Waals surface area contributed by atoms with Crippen LogP contribution in [-0.2, 0) is 10.2 Å². The Morgan fingerprint density at radius 3 is 2.36 bits per heavy atom. The molecule has 1 aliphatic rings. The zero-order valence-corrected chi connectivity index (χ0v) is 15.9. The molecule has 25 heavy (non-hydrogen) atoms.